The number of benzene rings is 1. The van der Waals surface area contributed by atoms with Gasteiger partial charge >= 0.3 is 0 Å². The number of tetrazole rings is 1. The second-order valence-electron chi connectivity index (χ2n) is 3.85. The zero-order chi connectivity index (χ0) is 14.9. The summed E-state index contributed by atoms with van der Waals surface area (Å²) in [5.41, 5.74) is 1.01. The smallest absolute Gasteiger partial charge is 0.273 e. The first-order valence-corrected chi connectivity index (χ1v) is 8.20. The molecule has 3 rings (SSSR count). The number of hydrogen-bond acceptors (Lipinski definition) is 7. The van der Waals surface area contributed by atoms with Crippen molar-refractivity contribution in [3.63, 3.8) is 0 Å². The van der Waals surface area contributed by atoms with E-state index in [1.165, 1.54) is 6.20 Å². The highest BCUT2D eigenvalue weighted by atomic mass is 35.5. The average molecular weight is 343 g/mol. The summed E-state index contributed by atoms with van der Waals surface area (Å²) in [6, 6.07) is 6.64. The van der Waals surface area contributed by atoms with E-state index in [2.05, 4.69) is 30.3 Å². The van der Waals surface area contributed by atoms with Crippen molar-refractivity contribution in [2.75, 3.05) is 4.72 Å². The second kappa shape index (κ2) is 5.39. The molecule has 0 atom stereocenters. The Morgan fingerprint density at radius 1 is 1.33 bits per heavy atom. The molecule has 108 valence electrons. The van der Waals surface area contributed by atoms with E-state index in [0.29, 0.717) is 17.1 Å². The monoisotopic (exact) mass is 342 g/mol. The summed E-state index contributed by atoms with van der Waals surface area (Å²) < 4.78 is 27.0. The maximum atomic E-state index is 12.2. The average Bonchev–Trinajstić information content (AvgIpc) is 3.09. The molecule has 0 aliphatic heterocycles. The van der Waals surface area contributed by atoms with Gasteiger partial charge in [0.25, 0.3) is 10.0 Å². The van der Waals surface area contributed by atoms with E-state index < -0.39 is 10.0 Å². The van der Waals surface area contributed by atoms with Gasteiger partial charge in [0.1, 0.15) is 0 Å². The van der Waals surface area contributed by atoms with E-state index >= 15 is 0 Å². The van der Waals surface area contributed by atoms with Crippen LogP contribution in [0.1, 0.15) is 0 Å². The number of hydrogen-bond donors (Lipinski definition) is 2. The first-order chi connectivity index (χ1) is 10.0. The molecule has 2 aromatic heterocycles. The molecule has 8 nitrogen and oxygen atoms in total. The van der Waals surface area contributed by atoms with Gasteiger partial charge in [0.15, 0.2) is 8.68 Å². The third-order valence-electron chi connectivity index (χ3n) is 2.44. The van der Waals surface area contributed by atoms with Crippen molar-refractivity contribution >= 4 is 38.6 Å². The summed E-state index contributed by atoms with van der Waals surface area (Å²) >= 11 is 6.53. The largest absolute Gasteiger partial charge is 0.279 e. The minimum Gasteiger partial charge on any atom is -0.279 e. The summed E-state index contributed by atoms with van der Waals surface area (Å²) in [6.07, 6.45) is 1.21. The molecule has 0 unspecified atom stereocenters. The van der Waals surface area contributed by atoms with Crippen molar-refractivity contribution in [1.29, 1.82) is 0 Å². The lowest BCUT2D eigenvalue weighted by Gasteiger charge is -2.06. The molecule has 0 saturated heterocycles. The Morgan fingerprint density at radius 3 is 2.86 bits per heavy atom. The van der Waals surface area contributed by atoms with E-state index in [1.807, 2.05) is 0 Å². The molecule has 21 heavy (non-hydrogen) atoms. The molecule has 0 aliphatic rings. The Balaban J connectivity index is 1.90. The van der Waals surface area contributed by atoms with Crippen LogP contribution >= 0.6 is 22.9 Å². The number of halogens is 1. The third-order valence-corrected chi connectivity index (χ3v) is 5.40. The molecule has 11 heteroatoms. The van der Waals surface area contributed by atoms with Gasteiger partial charge in [-0.3, -0.25) is 4.72 Å². The highest BCUT2D eigenvalue weighted by Crippen LogP contribution is 2.26. The van der Waals surface area contributed by atoms with Crippen molar-refractivity contribution < 1.29 is 8.42 Å². The number of H-pyrrole nitrogens is 1. The molecule has 1 aromatic carbocycles. The van der Waals surface area contributed by atoms with Gasteiger partial charge in [-0.15, -0.1) is 10.2 Å². The van der Waals surface area contributed by atoms with Gasteiger partial charge in [0, 0.05) is 11.3 Å². The van der Waals surface area contributed by atoms with Gasteiger partial charge in [-0.05, 0) is 17.3 Å². The van der Waals surface area contributed by atoms with Crippen LogP contribution in [0.5, 0.6) is 0 Å². The zero-order valence-corrected chi connectivity index (χ0v) is 12.6. The predicted octanol–water partition coefficient (Wildman–Crippen LogP) is 1.78. The van der Waals surface area contributed by atoms with Gasteiger partial charge < -0.3 is 0 Å². The normalized spacial score (nSPS) is 11.5. The van der Waals surface area contributed by atoms with E-state index in [4.69, 9.17) is 11.6 Å². The molecule has 0 aliphatic carbocycles. The summed E-state index contributed by atoms with van der Waals surface area (Å²) in [5, 5.41) is 13.5. The standard InChI is InChI=1S/C10H7ClN6O2S2/c11-10-12-5-8(20-10)21(18,19)15-7-3-1-2-6(4-7)9-13-16-17-14-9/h1-5,15H,(H,13,14,16,17). The Labute approximate surface area is 128 Å². The van der Waals surface area contributed by atoms with E-state index in [1.54, 1.807) is 24.3 Å². The van der Waals surface area contributed by atoms with Gasteiger partial charge in [-0.25, -0.2) is 13.4 Å². The van der Waals surface area contributed by atoms with Crippen LogP contribution in [0.3, 0.4) is 0 Å². The molecule has 0 bridgehead atoms. The number of aromatic nitrogens is 5. The van der Waals surface area contributed by atoms with Gasteiger partial charge in [0.05, 0.1) is 6.20 Å². The molecule has 0 amide bonds. The number of thiazole rings is 1. The number of aromatic amines is 1. The Morgan fingerprint density at radius 2 is 2.19 bits per heavy atom. The number of rotatable bonds is 4. The highest BCUT2D eigenvalue weighted by molar-refractivity contribution is 7.94. The molecule has 0 saturated carbocycles. The molecule has 2 heterocycles. The summed E-state index contributed by atoms with van der Waals surface area (Å²) in [5.74, 6) is 0.372. The summed E-state index contributed by atoms with van der Waals surface area (Å²) in [6.45, 7) is 0. The van der Waals surface area contributed by atoms with E-state index in [9.17, 15) is 8.42 Å². The van der Waals surface area contributed by atoms with Crippen LogP contribution < -0.4 is 4.72 Å². The number of nitrogens with one attached hydrogen (secondary N) is 2. The molecular formula is C10H7ClN6O2S2. The summed E-state index contributed by atoms with van der Waals surface area (Å²) in [7, 11) is -3.72. The topological polar surface area (TPSA) is 114 Å². The highest BCUT2D eigenvalue weighted by Gasteiger charge is 2.18. The Hall–Kier alpha value is -2.04. The number of nitrogens with zero attached hydrogens (tertiary/aromatic N) is 4. The lowest BCUT2D eigenvalue weighted by Crippen LogP contribution is -2.11. The molecule has 0 radical (unpaired) electrons. The van der Waals surface area contributed by atoms with Crippen molar-refractivity contribution in [2.24, 2.45) is 0 Å². The van der Waals surface area contributed by atoms with Crippen molar-refractivity contribution in [3.8, 4) is 11.4 Å². The van der Waals surface area contributed by atoms with Gasteiger partial charge in [-0.1, -0.05) is 35.1 Å². The first-order valence-electron chi connectivity index (χ1n) is 5.53. The Kier molecular flexibility index (Phi) is 3.57. The lowest BCUT2D eigenvalue weighted by atomic mass is 10.2. The summed E-state index contributed by atoms with van der Waals surface area (Å²) in [4.78, 5) is 3.72. The fourth-order valence-corrected chi connectivity index (χ4v) is 3.92. The molecule has 0 fully saturated rings. The van der Waals surface area contributed by atoms with E-state index in [-0.39, 0.29) is 8.68 Å². The van der Waals surface area contributed by atoms with Crippen molar-refractivity contribution in [1.82, 2.24) is 25.6 Å². The number of sulfonamides is 1. The lowest BCUT2D eigenvalue weighted by molar-refractivity contribution is 0.603. The van der Waals surface area contributed by atoms with Crippen LogP contribution in [-0.2, 0) is 10.0 Å². The fourth-order valence-electron chi connectivity index (χ4n) is 1.57. The van der Waals surface area contributed by atoms with Gasteiger partial charge in [0.2, 0.25) is 5.82 Å². The SMILES string of the molecule is O=S(=O)(Nc1cccc(-c2nn[nH]n2)c1)c1cnc(Cl)s1. The van der Waals surface area contributed by atoms with E-state index in [0.717, 1.165) is 11.3 Å². The molecular weight excluding hydrogens is 336 g/mol. The van der Waals surface area contributed by atoms with Crippen LogP contribution in [0.25, 0.3) is 11.4 Å². The molecule has 2 N–H and O–H groups in total. The van der Waals surface area contributed by atoms with Crippen LogP contribution in [0.4, 0.5) is 5.69 Å². The third kappa shape index (κ3) is 3.01. The molecule has 0 spiro atoms. The van der Waals surface area contributed by atoms with Crippen LogP contribution in [0, 0.1) is 0 Å². The van der Waals surface area contributed by atoms with Gasteiger partial charge in [-0.2, -0.15) is 5.21 Å². The maximum Gasteiger partial charge on any atom is 0.273 e. The van der Waals surface area contributed by atoms with Crippen LogP contribution in [-0.4, -0.2) is 34.0 Å². The minimum absolute atomic E-state index is 0.0393. The van der Waals surface area contributed by atoms with Crippen molar-refractivity contribution in [3.05, 3.63) is 34.9 Å². The molecule has 3 aromatic rings. The minimum atomic E-state index is -3.72. The maximum absolute atomic E-state index is 12.2. The first kappa shape index (κ1) is 13.9. The van der Waals surface area contributed by atoms with Crippen molar-refractivity contribution in [2.45, 2.75) is 4.21 Å². The fraction of sp³-hybridized carbons (Fsp3) is 0. The Bertz CT molecular complexity index is 861. The van der Waals surface area contributed by atoms with Crippen LogP contribution in [0.2, 0.25) is 4.47 Å². The predicted molar refractivity (Wildman–Crippen MR) is 77.5 cm³/mol. The zero-order valence-electron chi connectivity index (χ0n) is 10.2. The number of anilines is 1. The quantitative estimate of drug-likeness (QED) is 0.747. The van der Waals surface area contributed by atoms with Crippen LogP contribution in [0.15, 0.2) is 34.7 Å². The second-order valence-corrected chi connectivity index (χ2v) is 7.38.